The van der Waals surface area contributed by atoms with Crippen molar-refractivity contribution in [3.63, 3.8) is 0 Å². The number of benzene rings is 1. The molecule has 1 heterocycles. The van der Waals surface area contributed by atoms with Crippen LogP contribution in [0, 0.1) is 13.8 Å². The van der Waals surface area contributed by atoms with Gasteiger partial charge < -0.3 is 10.6 Å². The van der Waals surface area contributed by atoms with Crippen molar-refractivity contribution in [2.24, 2.45) is 0 Å². The lowest BCUT2D eigenvalue weighted by atomic mass is 10.2. The van der Waals surface area contributed by atoms with Crippen LogP contribution < -0.4 is 15.4 Å². The van der Waals surface area contributed by atoms with Gasteiger partial charge in [-0.2, -0.15) is 18.2 Å². The van der Waals surface area contributed by atoms with Crippen molar-refractivity contribution in [1.82, 2.24) is 14.7 Å². The Morgan fingerprint density at radius 2 is 1.71 bits per heavy atom. The van der Waals surface area contributed by atoms with Gasteiger partial charge in [0.1, 0.15) is 5.82 Å². The smallest absolute Gasteiger partial charge is 0.353 e. The molecule has 0 aliphatic carbocycles. The predicted molar refractivity (Wildman–Crippen MR) is 102 cm³/mol. The van der Waals surface area contributed by atoms with E-state index in [0.717, 1.165) is 11.3 Å². The van der Waals surface area contributed by atoms with E-state index in [-0.39, 0.29) is 19.0 Å². The average Bonchev–Trinajstić information content (AvgIpc) is 2.58. The fourth-order valence-corrected chi connectivity index (χ4v) is 3.26. The minimum Gasteiger partial charge on any atom is -0.353 e. The summed E-state index contributed by atoms with van der Waals surface area (Å²) in [7, 11) is -3.99. The van der Waals surface area contributed by atoms with Crippen LogP contribution in [0.4, 0.5) is 30.6 Å². The minimum atomic E-state index is -4.51. The fourth-order valence-electron chi connectivity index (χ4n) is 2.20. The molecule has 0 spiro atoms. The number of hydrogen-bond acceptors (Lipinski definition) is 6. The maximum Gasteiger partial charge on any atom is 0.390 e. The molecular weight excluding hydrogens is 395 g/mol. The summed E-state index contributed by atoms with van der Waals surface area (Å²) in [5.74, 6) is -0.157. The molecule has 3 N–H and O–H groups in total. The number of rotatable bonds is 9. The van der Waals surface area contributed by atoms with Gasteiger partial charge in [-0.25, -0.2) is 18.1 Å². The van der Waals surface area contributed by atoms with E-state index in [1.807, 2.05) is 31.2 Å². The summed E-state index contributed by atoms with van der Waals surface area (Å²) >= 11 is 0. The molecule has 11 heteroatoms. The van der Waals surface area contributed by atoms with E-state index in [0.29, 0.717) is 11.5 Å². The summed E-state index contributed by atoms with van der Waals surface area (Å²) in [5.41, 5.74) is 2.68. The molecule has 2 rings (SSSR count). The van der Waals surface area contributed by atoms with Crippen LogP contribution in [0.5, 0.6) is 0 Å². The number of nitrogens with zero attached hydrogens (tertiary/aromatic N) is 2. The van der Waals surface area contributed by atoms with Crippen LogP contribution >= 0.6 is 0 Å². The largest absolute Gasteiger partial charge is 0.390 e. The molecule has 1 aromatic carbocycles. The second-order valence-corrected chi connectivity index (χ2v) is 8.14. The van der Waals surface area contributed by atoms with Crippen LogP contribution in [0.3, 0.4) is 0 Å². The van der Waals surface area contributed by atoms with Gasteiger partial charge >= 0.3 is 6.18 Å². The molecule has 0 aliphatic heterocycles. The van der Waals surface area contributed by atoms with Gasteiger partial charge in [-0.1, -0.05) is 17.7 Å². The van der Waals surface area contributed by atoms with Gasteiger partial charge in [0.15, 0.2) is 0 Å². The first-order valence-electron chi connectivity index (χ1n) is 8.50. The molecule has 0 saturated heterocycles. The van der Waals surface area contributed by atoms with Crippen molar-refractivity contribution in [1.29, 1.82) is 0 Å². The molecule has 1 aromatic heterocycles. The van der Waals surface area contributed by atoms with Crippen molar-refractivity contribution in [3.05, 3.63) is 41.6 Å². The molecule has 2 aromatic rings. The van der Waals surface area contributed by atoms with Crippen LogP contribution in [0.25, 0.3) is 0 Å². The number of anilines is 3. The van der Waals surface area contributed by atoms with Crippen LogP contribution in [0.15, 0.2) is 30.3 Å². The average molecular weight is 417 g/mol. The lowest BCUT2D eigenvalue weighted by Gasteiger charge is -2.11. The molecule has 0 unspecified atom stereocenters. The molecule has 0 atom stereocenters. The van der Waals surface area contributed by atoms with Gasteiger partial charge in [-0.05, 0) is 26.0 Å². The highest BCUT2D eigenvalue weighted by molar-refractivity contribution is 7.89. The van der Waals surface area contributed by atoms with E-state index in [9.17, 15) is 21.6 Å². The third-order valence-electron chi connectivity index (χ3n) is 3.56. The van der Waals surface area contributed by atoms with Gasteiger partial charge in [0.2, 0.25) is 16.0 Å². The SMILES string of the molecule is Cc1ccc(Nc2cc(C)nc(NCCNS(=O)(=O)CCC(F)(F)F)n2)cc1. The number of halogens is 3. The molecule has 0 aliphatic rings. The van der Waals surface area contributed by atoms with E-state index in [1.54, 1.807) is 13.0 Å². The standard InChI is InChI=1S/C17H22F3N5O2S/c1-12-3-5-14(6-4-12)24-15-11-13(2)23-16(25-15)21-8-9-22-28(26,27)10-7-17(18,19)20/h3-6,11,22H,7-10H2,1-2H3,(H2,21,23,24,25). The third kappa shape index (κ3) is 8.09. The first-order chi connectivity index (χ1) is 13.0. The number of aryl methyl sites for hydroxylation is 2. The molecule has 154 valence electrons. The molecule has 28 heavy (non-hydrogen) atoms. The van der Waals surface area contributed by atoms with Crippen molar-refractivity contribution in [2.45, 2.75) is 26.4 Å². The van der Waals surface area contributed by atoms with E-state index in [1.165, 1.54) is 0 Å². The third-order valence-corrected chi connectivity index (χ3v) is 4.95. The second-order valence-electron chi connectivity index (χ2n) is 6.21. The zero-order valence-electron chi connectivity index (χ0n) is 15.5. The maximum atomic E-state index is 12.1. The first-order valence-corrected chi connectivity index (χ1v) is 10.1. The molecule has 0 fully saturated rings. The highest BCUT2D eigenvalue weighted by atomic mass is 32.2. The summed E-state index contributed by atoms with van der Waals surface area (Å²) in [5, 5.41) is 6.00. The van der Waals surface area contributed by atoms with Gasteiger partial charge in [0.05, 0.1) is 12.2 Å². The highest BCUT2D eigenvalue weighted by Gasteiger charge is 2.29. The van der Waals surface area contributed by atoms with Crippen LogP contribution in [-0.2, 0) is 10.0 Å². The quantitative estimate of drug-likeness (QED) is 0.543. The lowest BCUT2D eigenvalue weighted by molar-refractivity contribution is -0.129. The van der Waals surface area contributed by atoms with Gasteiger partial charge in [0.25, 0.3) is 0 Å². The van der Waals surface area contributed by atoms with Crippen molar-refractivity contribution in [3.8, 4) is 0 Å². The highest BCUT2D eigenvalue weighted by Crippen LogP contribution is 2.20. The summed E-state index contributed by atoms with van der Waals surface area (Å²) in [4.78, 5) is 8.50. The van der Waals surface area contributed by atoms with Gasteiger partial charge in [-0.15, -0.1) is 0 Å². The predicted octanol–water partition coefficient (Wildman–Crippen LogP) is 3.12. The van der Waals surface area contributed by atoms with Gasteiger partial charge in [-0.3, -0.25) is 0 Å². The molecule has 0 bridgehead atoms. The van der Waals surface area contributed by atoms with Crippen molar-refractivity contribution in [2.75, 3.05) is 29.5 Å². The van der Waals surface area contributed by atoms with Gasteiger partial charge in [0, 0.05) is 30.5 Å². The Kier molecular flexibility index (Phi) is 7.19. The topological polar surface area (TPSA) is 96.0 Å². The van der Waals surface area contributed by atoms with E-state index >= 15 is 0 Å². The zero-order valence-corrected chi connectivity index (χ0v) is 16.3. The Morgan fingerprint density at radius 3 is 2.36 bits per heavy atom. The number of alkyl halides is 3. The Balaban J connectivity index is 1.87. The molecule has 0 radical (unpaired) electrons. The normalized spacial score (nSPS) is 12.0. The minimum absolute atomic E-state index is 0.0851. The molecule has 7 nitrogen and oxygen atoms in total. The second kappa shape index (κ2) is 9.20. The van der Waals surface area contributed by atoms with Crippen LogP contribution in [0.2, 0.25) is 0 Å². The van der Waals surface area contributed by atoms with Crippen LogP contribution in [0.1, 0.15) is 17.7 Å². The summed E-state index contributed by atoms with van der Waals surface area (Å²) in [6.45, 7) is 3.81. The molecule has 0 amide bonds. The van der Waals surface area contributed by atoms with E-state index < -0.39 is 28.4 Å². The molecule has 0 saturated carbocycles. The lowest BCUT2D eigenvalue weighted by Crippen LogP contribution is -2.32. The van der Waals surface area contributed by atoms with E-state index in [4.69, 9.17) is 0 Å². The molecular formula is C17H22F3N5O2S. The maximum absolute atomic E-state index is 12.1. The van der Waals surface area contributed by atoms with Crippen molar-refractivity contribution >= 4 is 27.5 Å². The monoisotopic (exact) mass is 417 g/mol. The number of hydrogen-bond donors (Lipinski definition) is 3. The van der Waals surface area contributed by atoms with Crippen LogP contribution in [-0.4, -0.2) is 43.4 Å². The Hall–Kier alpha value is -2.40. The number of aromatic nitrogens is 2. The fraction of sp³-hybridized carbons (Fsp3) is 0.412. The zero-order chi connectivity index (χ0) is 20.8. The Bertz CT molecular complexity index is 887. The van der Waals surface area contributed by atoms with E-state index in [2.05, 4.69) is 25.3 Å². The summed E-state index contributed by atoms with van der Waals surface area (Å²) < 4.78 is 61.6. The number of nitrogens with one attached hydrogen (secondary N) is 3. The Morgan fingerprint density at radius 1 is 1.04 bits per heavy atom. The summed E-state index contributed by atoms with van der Waals surface area (Å²) in [6, 6.07) is 9.50. The Labute approximate surface area is 161 Å². The van der Waals surface area contributed by atoms with Crippen molar-refractivity contribution < 1.29 is 21.6 Å². The summed E-state index contributed by atoms with van der Waals surface area (Å²) in [6.07, 6.45) is -5.89. The first kappa shape index (κ1) is 21.9. The number of sulfonamides is 1.